The lowest BCUT2D eigenvalue weighted by atomic mass is 9.82. The third kappa shape index (κ3) is 2.82. The largest absolute Gasteiger partial charge is 0.0622 e. The second-order valence-electron chi connectivity index (χ2n) is 8.75. The maximum Gasteiger partial charge on any atom is 0.0324 e. The third-order valence-electron chi connectivity index (χ3n) is 6.92. The van der Waals surface area contributed by atoms with Crippen LogP contribution in [0.4, 0.5) is 0 Å². The van der Waals surface area contributed by atoms with E-state index >= 15 is 0 Å². The molecular formula is C32H18Br2. The lowest BCUT2D eigenvalue weighted by molar-refractivity contribution is 1.60. The molecule has 6 aromatic rings. The molecule has 0 saturated heterocycles. The molecule has 0 spiro atoms. The fourth-order valence-electron chi connectivity index (χ4n) is 5.59. The molecule has 0 unspecified atom stereocenters. The lowest BCUT2D eigenvalue weighted by Gasteiger charge is -2.21. The molecule has 0 heterocycles. The minimum atomic E-state index is 1.06. The predicted molar refractivity (Wildman–Crippen MR) is 152 cm³/mol. The summed E-state index contributed by atoms with van der Waals surface area (Å²) in [5.41, 5.74) is 10.4. The molecule has 7 rings (SSSR count). The molecule has 160 valence electrons. The molecule has 0 saturated carbocycles. The Bertz CT molecular complexity index is 1620. The van der Waals surface area contributed by atoms with Crippen LogP contribution >= 0.6 is 31.9 Å². The van der Waals surface area contributed by atoms with Crippen molar-refractivity contribution < 1.29 is 0 Å². The van der Waals surface area contributed by atoms with E-state index in [0.717, 1.165) is 8.95 Å². The first-order valence-corrected chi connectivity index (χ1v) is 12.9. The van der Waals surface area contributed by atoms with Crippen LogP contribution < -0.4 is 0 Å². The van der Waals surface area contributed by atoms with Gasteiger partial charge < -0.3 is 0 Å². The van der Waals surface area contributed by atoms with Crippen LogP contribution in [0.1, 0.15) is 0 Å². The summed E-state index contributed by atoms with van der Waals surface area (Å²) in [5.74, 6) is 0. The van der Waals surface area contributed by atoms with Crippen LogP contribution in [-0.4, -0.2) is 0 Å². The number of fused-ring (bicyclic) bond motifs is 4. The normalized spacial score (nSPS) is 11.8. The van der Waals surface area contributed by atoms with Gasteiger partial charge in [-0.2, -0.15) is 0 Å². The molecule has 0 N–H and O–H groups in total. The highest BCUT2D eigenvalue weighted by Gasteiger charge is 2.30. The third-order valence-corrected chi connectivity index (χ3v) is 8.76. The maximum absolute atomic E-state index is 3.80. The summed E-state index contributed by atoms with van der Waals surface area (Å²) in [5, 5.41) is 5.14. The van der Waals surface area contributed by atoms with E-state index in [4.69, 9.17) is 0 Å². The second kappa shape index (κ2) is 7.66. The van der Waals surface area contributed by atoms with Crippen LogP contribution in [0.25, 0.3) is 66.1 Å². The number of hydrogen-bond donors (Lipinski definition) is 0. The smallest absolute Gasteiger partial charge is 0.0324 e. The highest BCUT2D eigenvalue weighted by molar-refractivity contribution is 9.13. The number of halogens is 2. The molecule has 34 heavy (non-hydrogen) atoms. The molecule has 0 radical (unpaired) electrons. The van der Waals surface area contributed by atoms with E-state index in [0.29, 0.717) is 0 Å². The first-order valence-electron chi connectivity index (χ1n) is 11.3. The van der Waals surface area contributed by atoms with E-state index in [9.17, 15) is 0 Å². The fourth-order valence-corrected chi connectivity index (χ4v) is 6.27. The van der Waals surface area contributed by atoms with Crippen molar-refractivity contribution in [2.24, 2.45) is 0 Å². The number of hydrogen-bond acceptors (Lipinski definition) is 0. The second-order valence-corrected chi connectivity index (χ2v) is 10.5. The first-order chi connectivity index (χ1) is 16.7. The van der Waals surface area contributed by atoms with Crippen LogP contribution in [0.3, 0.4) is 0 Å². The molecule has 0 aromatic heterocycles. The van der Waals surface area contributed by atoms with E-state index in [1.54, 1.807) is 0 Å². The summed E-state index contributed by atoms with van der Waals surface area (Å²) < 4.78 is 2.12. The molecular weight excluding hydrogens is 544 g/mol. The summed E-state index contributed by atoms with van der Waals surface area (Å²) in [7, 11) is 0. The van der Waals surface area contributed by atoms with Gasteiger partial charge in [-0.05, 0) is 110 Å². The van der Waals surface area contributed by atoms with Crippen molar-refractivity contribution in [1.29, 1.82) is 0 Å². The standard InChI is InChI=1S/C32H18Br2/c33-26-17-24-25(18-27(26)34)30(21-11-5-2-6-12-21)32-23-16-8-14-19-13-7-15-22(28(19)23)31(32)29(24)20-9-3-1-4-10-20/h1-18H. The maximum atomic E-state index is 3.80. The minimum Gasteiger partial charge on any atom is -0.0622 e. The molecule has 1 aliphatic carbocycles. The Morgan fingerprint density at radius 2 is 0.853 bits per heavy atom. The van der Waals surface area contributed by atoms with E-state index in [-0.39, 0.29) is 0 Å². The number of rotatable bonds is 2. The van der Waals surface area contributed by atoms with Gasteiger partial charge in [-0.15, -0.1) is 0 Å². The van der Waals surface area contributed by atoms with Gasteiger partial charge in [0.1, 0.15) is 0 Å². The molecule has 0 bridgehead atoms. The summed E-state index contributed by atoms with van der Waals surface area (Å²) in [6.07, 6.45) is 0. The fraction of sp³-hybridized carbons (Fsp3) is 0. The highest BCUT2D eigenvalue weighted by atomic mass is 79.9. The Balaban J connectivity index is 1.79. The molecule has 2 heteroatoms. The first kappa shape index (κ1) is 20.2. The van der Waals surface area contributed by atoms with Gasteiger partial charge in [0.25, 0.3) is 0 Å². The average Bonchev–Trinajstić information content (AvgIpc) is 3.20. The topological polar surface area (TPSA) is 0 Å². The van der Waals surface area contributed by atoms with Crippen LogP contribution in [0, 0.1) is 0 Å². The average molecular weight is 562 g/mol. The van der Waals surface area contributed by atoms with Gasteiger partial charge in [0, 0.05) is 8.95 Å². The number of benzene rings is 6. The Hall–Kier alpha value is -3.20. The Kier molecular flexibility index (Phi) is 4.55. The Morgan fingerprint density at radius 1 is 0.412 bits per heavy atom. The molecule has 0 atom stereocenters. The molecule has 0 fully saturated rings. The minimum absolute atomic E-state index is 1.06. The zero-order valence-corrected chi connectivity index (χ0v) is 21.3. The lowest BCUT2D eigenvalue weighted by Crippen LogP contribution is -1.94. The van der Waals surface area contributed by atoms with Crippen molar-refractivity contribution >= 4 is 53.4 Å². The molecule has 0 aliphatic heterocycles. The monoisotopic (exact) mass is 560 g/mol. The SMILES string of the molecule is Brc1cc2c(-c3ccccc3)c3c(c(-c4ccccc4)c2cc1Br)-c1cccc2cccc-3c12. The van der Waals surface area contributed by atoms with Gasteiger partial charge >= 0.3 is 0 Å². The Labute approximate surface area is 215 Å². The van der Waals surface area contributed by atoms with Crippen LogP contribution in [0.2, 0.25) is 0 Å². The molecule has 6 aromatic carbocycles. The van der Waals surface area contributed by atoms with Gasteiger partial charge in [0.15, 0.2) is 0 Å². The summed E-state index contributed by atoms with van der Waals surface area (Å²) >= 11 is 7.59. The van der Waals surface area contributed by atoms with E-state index < -0.39 is 0 Å². The Morgan fingerprint density at radius 3 is 1.29 bits per heavy atom. The van der Waals surface area contributed by atoms with Gasteiger partial charge in [0.05, 0.1) is 0 Å². The van der Waals surface area contributed by atoms with Crippen molar-refractivity contribution in [2.75, 3.05) is 0 Å². The van der Waals surface area contributed by atoms with Gasteiger partial charge in [0.2, 0.25) is 0 Å². The van der Waals surface area contributed by atoms with Crippen molar-refractivity contribution in [2.45, 2.75) is 0 Å². The van der Waals surface area contributed by atoms with E-state index in [2.05, 4.69) is 141 Å². The quantitative estimate of drug-likeness (QED) is 0.197. The zero-order chi connectivity index (χ0) is 22.8. The van der Waals surface area contributed by atoms with Gasteiger partial charge in [-0.1, -0.05) is 97.1 Å². The van der Waals surface area contributed by atoms with Crippen LogP contribution in [-0.2, 0) is 0 Å². The van der Waals surface area contributed by atoms with Crippen molar-refractivity contribution in [1.82, 2.24) is 0 Å². The van der Waals surface area contributed by atoms with Crippen molar-refractivity contribution in [3.05, 3.63) is 118 Å². The predicted octanol–water partition coefficient (Wildman–Crippen LogP) is 10.5. The van der Waals surface area contributed by atoms with Gasteiger partial charge in [-0.3, -0.25) is 0 Å². The molecule has 0 amide bonds. The van der Waals surface area contributed by atoms with Crippen molar-refractivity contribution in [3.8, 4) is 44.5 Å². The molecule has 1 aliphatic rings. The zero-order valence-electron chi connectivity index (χ0n) is 18.1. The molecule has 0 nitrogen and oxygen atoms in total. The summed E-state index contributed by atoms with van der Waals surface area (Å²) in [4.78, 5) is 0. The highest BCUT2D eigenvalue weighted by Crippen LogP contribution is 2.58. The van der Waals surface area contributed by atoms with Crippen molar-refractivity contribution in [3.63, 3.8) is 0 Å². The summed E-state index contributed by atoms with van der Waals surface area (Å²) in [6.45, 7) is 0. The summed E-state index contributed by atoms with van der Waals surface area (Å²) in [6, 6.07) is 39.6. The van der Waals surface area contributed by atoms with E-state index in [1.165, 1.54) is 66.1 Å². The van der Waals surface area contributed by atoms with E-state index in [1.807, 2.05) is 0 Å². The van der Waals surface area contributed by atoms with Crippen LogP contribution in [0.5, 0.6) is 0 Å². The van der Waals surface area contributed by atoms with Crippen LogP contribution in [0.15, 0.2) is 118 Å². The van der Waals surface area contributed by atoms with Gasteiger partial charge in [-0.25, -0.2) is 0 Å².